The molecule has 0 radical (unpaired) electrons. The van der Waals surface area contributed by atoms with Gasteiger partial charge in [0.05, 0.1) is 13.2 Å². The van der Waals surface area contributed by atoms with Crippen LogP contribution < -0.4 is 4.74 Å². The number of likely N-dealkylation sites (tertiary alicyclic amines) is 1. The van der Waals surface area contributed by atoms with Crippen LogP contribution in [0.15, 0.2) is 42.5 Å². The summed E-state index contributed by atoms with van der Waals surface area (Å²) >= 11 is 0. The lowest BCUT2D eigenvalue weighted by Gasteiger charge is -2.48. The normalized spacial score (nSPS) is 19.3. The van der Waals surface area contributed by atoms with Crippen LogP contribution in [0.25, 0.3) is 10.9 Å². The lowest BCUT2D eigenvalue weighted by atomic mass is 9.69. The number of aliphatic hydroxyl groups is 1. The number of carbonyl (C=O) groups excluding carboxylic acids is 1. The second kappa shape index (κ2) is 9.87. The van der Waals surface area contributed by atoms with Crippen molar-refractivity contribution in [3.63, 3.8) is 0 Å². The molecule has 7 heteroatoms. The van der Waals surface area contributed by atoms with Crippen LogP contribution in [-0.2, 0) is 16.8 Å². The fourth-order valence-electron chi connectivity index (χ4n) is 6.14. The van der Waals surface area contributed by atoms with Crippen molar-refractivity contribution in [2.45, 2.75) is 51.2 Å². The third-order valence-corrected chi connectivity index (χ3v) is 8.28. The number of carbonyl (C=O) groups is 1. The molecule has 0 aliphatic carbocycles. The van der Waals surface area contributed by atoms with Gasteiger partial charge in [-0.15, -0.1) is 0 Å². The molecule has 1 saturated heterocycles. The van der Waals surface area contributed by atoms with Gasteiger partial charge in [0, 0.05) is 72.3 Å². The van der Waals surface area contributed by atoms with Crippen LogP contribution >= 0.6 is 0 Å². The Hall–Kier alpha value is -2.90. The van der Waals surface area contributed by atoms with Crippen LogP contribution in [0.3, 0.4) is 0 Å². The molecular formula is C29H36FN3O3. The lowest BCUT2D eigenvalue weighted by Crippen LogP contribution is -2.53. The first-order valence-electron chi connectivity index (χ1n) is 13.0. The van der Waals surface area contributed by atoms with Gasteiger partial charge in [-0.2, -0.15) is 0 Å². The highest BCUT2D eigenvalue weighted by Crippen LogP contribution is 2.46. The number of H-pyrrole nitrogens is 1. The number of hydrogen-bond acceptors (Lipinski definition) is 4. The minimum Gasteiger partial charge on any atom is -0.497 e. The zero-order chi connectivity index (χ0) is 25.4. The molecule has 2 unspecified atom stereocenters. The lowest BCUT2D eigenvalue weighted by molar-refractivity contribution is -0.137. The SMILES string of the molecule is CCC(C)C(=O)N1CCC2(CC1)CN(CC(O)c1ccccc1F)Cc1[nH]c3cc(OC)ccc3c12. The first kappa shape index (κ1) is 24.8. The fourth-order valence-corrected chi connectivity index (χ4v) is 6.14. The maximum atomic E-state index is 14.4. The molecule has 2 aliphatic rings. The fraction of sp³-hybridized carbons (Fsp3) is 0.483. The molecule has 1 aromatic heterocycles. The van der Waals surface area contributed by atoms with Crippen molar-refractivity contribution < 1.29 is 19.0 Å². The molecule has 3 aromatic rings. The summed E-state index contributed by atoms with van der Waals surface area (Å²) in [5, 5.41) is 12.1. The van der Waals surface area contributed by atoms with Gasteiger partial charge < -0.3 is 19.7 Å². The number of aliphatic hydroxyl groups excluding tert-OH is 1. The van der Waals surface area contributed by atoms with Gasteiger partial charge in [-0.25, -0.2) is 4.39 Å². The number of aromatic amines is 1. The van der Waals surface area contributed by atoms with Crippen LogP contribution in [0, 0.1) is 11.7 Å². The van der Waals surface area contributed by atoms with Crippen LogP contribution in [-0.4, -0.2) is 59.1 Å². The molecular weight excluding hydrogens is 457 g/mol. The van der Waals surface area contributed by atoms with Crippen molar-refractivity contribution >= 4 is 16.8 Å². The van der Waals surface area contributed by atoms with Gasteiger partial charge >= 0.3 is 0 Å². The van der Waals surface area contributed by atoms with E-state index in [0.717, 1.165) is 55.9 Å². The van der Waals surface area contributed by atoms with Crippen molar-refractivity contribution in [1.82, 2.24) is 14.8 Å². The Bertz CT molecular complexity index is 1250. The Morgan fingerprint density at radius 3 is 2.67 bits per heavy atom. The topological polar surface area (TPSA) is 68.8 Å². The van der Waals surface area contributed by atoms with E-state index in [2.05, 4.69) is 22.9 Å². The number of hydrogen-bond donors (Lipinski definition) is 2. The number of fused-ring (bicyclic) bond motifs is 4. The molecule has 0 bridgehead atoms. The van der Waals surface area contributed by atoms with E-state index >= 15 is 0 Å². The third-order valence-electron chi connectivity index (χ3n) is 8.28. The number of benzene rings is 2. The van der Waals surface area contributed by atoms with E-state index in [0.29, 0.717) is 18.7 Å². The average molecular weight is 494 g/mol. The minimum absolute atomic E-state index is 0.0361. The summed E-state index contributed by atoms with van der Waals surface area (Å²) in [5.41, 5.74) is 3.67. The molecule has 1 spiro atoms. The highest BCUT2D eigenvalue weighted by Gasteiger charge is 2.45. The number of amides is 1. The number of piperidine rings is 1. The second-order valence-corrected chi connectivity index (χ2v) is 10.5. The van der Waals surface area contributed by atoms with Gasteiger partial charge in [0.25, 0.3) is 0 Å². The smallest absolute Gasteiger partial charge is 0.225 e. The summed E-state index contributed by atoms with van der Waals surface area (Å²) in [7, 11) is 1.67. The largest absolute Gasteiger partial charge is 0.497 e. The molecule has 6 nitrogen and oxygen atoms in total. The molecule has 2 N–H and O–H groups in total. The Morgan fingerprint density at radius 1 is 1.22 bits per heavy atom. The zero-order valence-corrected chi connectivity index (χ0v) is 21.4. The molecule has 1 amide bonds. The predicted octanol–water partition coefficient (Wildman–Crippen LogP) is 4.77. The highest BCUT2D eigenvalue weighted by molar-refractivity contribution is 5.87. The summed E-state index contributed by atoms with van der Waals surface area (Å²) in [6, 6.07) is 12.6. The summed E-state index contributed by atoms with van der Waals surface area (Å²) in [6.45, 7) is 7.25. The van der Waals surface area contributed by atoms with E-state index in [4.69, 9.17) is 4.74 Å². The van der Waals surface area contributed by atoms with E-state index in [1.807, 2.05) is 24.0 Å². The molecule has 3 heterocycles. The molecule has 36 heavy (non-hydrogen) atoms. The zero-order valence-electron chi connectivity index (χ0n) is 21.4. The van der Waals surface area contributed by atoms with Gasteiger partial charge in [-0.3, -0.25) is 9.69 Å². The number of aromatic nitrogens is 1. The van der Waals surface area contributed by atoms with E-state index in [-0.39, 0.29) is 23.1 Å². The average Bonchev–Trinajstić information content (AvgIpc) is 3.26. The first-order valence-corrected chi connectivity index (χ1v) is 13.0. The van der Waals surface area contributed by atoms with Crippen molar-refractivity contribution in [1.29, 1.82) is 0 Å². The number of nitrogens with zero attached hydrogens (tertiary/aromatic N) is 2. The number of rotatable bonds is 6. The number of halogens is 1. The molecule has 2 aromatic carbocycles. The highest BCUT2D eigenvalue weighted by atomic mass is 19.1. The summed E-state index contributed by atoms with van der Waals surface area (Å²) in [5.74, 6) is 0.691. The van der Waals surface area contributed by atoms with Crippen molar-refractivity contribution in [3.8, 4) is 5.75 Å². The number of ether oxygens (including phenoxy) is 1. The van der Waals surface area contributed by atoms with Crippen LogP contribution in [0.2, 0.25) is 0 Å². The van der Waals surface area contributed by atoms with Gasteiger partial charge in [-0.1, -0.05) is 32.0 Å². The Morgan fingerprint density at radius 2 is 1.97 bits per heavy atom. The van der Waals surface area contributed by atoms with E-state index in [1.54, 1.807) is 25.3 Å². The van der Waals surface area contributed by atoms with E-state index in [1.165, 1.54) is 17.0 Å². The van der Waals surface area contributed by atoms with Crippen molar-refractivity contribution in [3.05, 3.63) is 65.1 Å². The van der Waals surface area contributed by atoms with Gasteiger partial charge in [-0.05, 0) is 43.0 Å². The van der Waals surface area contributed by atoms with Crippen molar-refractivity contribution in [2.24, 2.45) is 5.92 Å². The maximum absolute atomic E-state index is 14.4. The van der Waals surface area contributed by atoms with Gasteiger partial charge in [0.2, 0.25) is 5.91 Å². The summed E-state index contributed by atoms with van der Waals surface area (Å²) in [6.07, 6.45) is 1.64. The maximum Gasteiger partial charge on any atom is 0.225 e. The summed E-state index contributed by atoms with van der Waals surface area (Å²) in [4.78, 5) is 20.8. The van der Waals surface area contributed by atoms with Crippen LogP contribution in [0.1, 0.15) is 56.0 Å². The minimum atomic E-state index is -0.915. The quantitative estimate of drug-likeness (QED) is 0.519. The summed E-state index contributed by atoms with van der Waals surface area (Å²) < 4.78 is 19.8. The number of β-amino-alcohol motifs (C(OH)–C–C–N with tert-alkyl or cyclic N) is 1. The molecule has 0 saturated carbocycles. The molecule has 2 aliphatic heterocycles. The van der Waals surface area contributed by atoms with Crippen molar-refractivity contribution in [2.75, 3.05) is 33.3 Å². The van der Waals surface area contributed by atoms with Crippen LogP contribution in [0.4, 0.5) is 4.39 Å². The van der Waals surface area contributed by atoms with Gasteiger partial charge in [0.15, 0.2) is 0 Å². The Labute approximate surface area is 212 Å². The Balaban J connectivity index is 1.47. The molecule has 2 atom stereocenters. The monoisotopic (exact) mass is 493 g/mol. The third kappa shape index (κ3) is 4.39. The molecule has 1 fully saturated rings. The molecule has 5 rings (SSSR count). The van der Waals surface area contributed by atoms with E-state index in [9.17, 15) is 14.3 Å². The number of nitrogens with one attached hydrogen (secondary N) is 1. The first-order chi connectivity index (χ1) is 17.3. The number of methoxy groups -OCH3 is 1. The second-order valence-electron chi connectivity index (χ2n) is 10.5. The van der Waals surface area contributed by atoms with Crippen LogP contribution in [0.5, 0.6) is 5.75 Å². The molecule has 192 valence electrons. The standard InChI is InChI=1S/C29H36FN3O3/c1-4-19(2)28(35)33-13-11-29(12-14-33)18-32(17-26(34)21-7-5-6-8-23(21)30)16-25-27(29)22-10-9-20(36-3)15-24(22)31-25/h5-10,15,19,26,31,34H,4,11-14,16-18H2,1-3H3. The van der Waals surface area contributed by atoms with E-state index < -0.39 is 6.10 Å². The Kier molecular flexibility index (Phi) is 6.79. The predicted molar refractivity (Wildman–Crippen MR) is 138 cm³/mol. The van der Waals surface area contributed by atoms with Gasteiger partial charge in [0.1, 0.15) is 11.6 Å².